The Morgan fingerprint density at radius 3 is 2.43 bits per heavy atom. The molecular weight excluding hydrogens is 439 g/mol. The number of hydrogen-bond donors (Lipinski definition) is 2. The summed E-state index contributed by atoms with van der Waals surface area (Å²) in [5.74, 6) is 6.59. The Morgan fingerprint density at radius 1 is 1.14 bits per heavy atom. The second kappa shape index (κ2) is 6.77. The van der Waals surface area contributed by atoms with Crippen LogP contribution in [0.3, 0.4) is 0 Å². The third-order valence-electron chi connectivity index (χ3n) is 4.28. The molecule has 0 amide bonds. The summed E-state index contributed by atoms with van der Waals surface area (Å²) in [6.07, 6.45) is 4.04. The average Bonchev–Trinajstić information content (AvgIpc) is 2.43. The lowest BCUT2D eigenvalue weighted by molar-refractivity contribution is 0.419. The van der Waals surface area contributed by atoms with Crippen LogP contribution in [0.25, 0.3) is 0 Å². The first kappa shape index (κ1) is 15.5. The van der Waals surface area contributed by atoms with Crippen LogP contribution >= 0.6 is 38.5 Å². The highest BCUT2D eigenvalue weighted by molar-refractivity contribution is 14.1. The average molecular weight is 457 g/mol. The van der Waals surface area contributed by atoms with Gasteiger partial charge in [0.1, 0.15) is 0 Å². The van der Waals surface area contributed by atoms with Crippen LogP contribution in [0.2, 0.25) is 0 Å². The largest absolute Gasteiger partial charge is 0.271 e. The molecule has 110 valence electrons. The lowest BCUT2D eigenvalue weighted by Gasteiger charge is -2.26. The molecule has 1 saturated carbocycles. The number of hydrazine groups is 1. The summed E-state index contributed by atoms with van der Waals surface area (Å²) in [6, 6.07) is 15.2. The maximum absolute atomic E-state index is 5.82. The Balaban J connectivity index is 1.90. The Hall–Kier alpha value is -0.430. The van der Waals surface area contributed by atoms with Crippen molar-refractivity contribution in [2.75, 3.05) is 0 Å². The van der Waals surface area contributed by atoms with E-state index in [-0.39, 0.29) is 6.04 Å². The molecule has 21 heavy (non-hydrogen) atoms. The third-order valence-corrected chi connectivity index (χ3v) is 5.76. The van der Waals surface area contributed by atoms with Gasteiger partial charge in [0.15, 0.2) is 0 Å². The van der Waals surface area contributed by atoms with Gasteiger partial charge in [-0.1, -0.05) is 46.6 Å². The van der Waals surface area contributed by atoms with Crippen LogP contribution in [0.5, 0.6) is 0 Å². The van der Waals surface area contributed by atoms with Crippen LogP contribution in [-0.4, -0.2) is 0 Å². The fourth-order valence-electron chi connectivity index (χ4n) is 2.80. The molecule has 2 aromatic carbocycles. The zero-order valence-electron chi connectivity index (χ0n) is 11.7. The van der Waals surface area contributed by atoms with E-state index in [2.05, 4.69) is 86.4 Å². The van der Waals surface area contributed by atoms with E-state index in [0.29, 0.717) is 0 Å². The maximum atomic E-state index is 5.82. The van der Waals surface area contributed by atoms with Crippen molar-refractivity contribution in [3.05, 3.63) is 67.2 Å². The zero-order chi connectivity index (χ0) is 14.8. The Morgan fingerprint density at radius 2 is 1.86 bits per heavy atom. The van der Waals surface area contributed by atoms with Crippen molar-refractivity contribution >= 4 is 38.5 Å². The van der Waals surface area contributed by atoms with Gasteiger partial charge < -0.3 is 0 Å². The first-order valence-electron chi connectivity index (χ1n) is 7.20. The number of nitrogens with one attached hydrogen (secondary N) is 1. The molecule has 1 aliphatic carbocycles. The first-order chi connectivity index (χ1) is 10.2. The molecule has 1 atom stereocenters. The van der Waals surface area contributed by atoms with Gasteiger partial charge in [-0.3, -0.25) is 5.84 Å². The van der Waals surface area contributed by atoms with E-state index in [9.17, 15) is 0 Å². The number of hydrogen-bond acceptors (Lipinski definition) is 2. The summed E-state index contributed by atoms with van der Waals surface area (Å²) in [6.45, 7) is 0. The molecule has 2 nitrogen and oxygen atoms in total. The molecule has 1 fully saturated rings. The van der Waals surface area contributed by atoms with E-state index < -0.39 is 0 Å². The molecule has 2 aromatic rings. The molecule has 0 saturated heterocycles. The molecule has 0 heterocycles. The van der Waals surface area contributed by atoms with E-state index in [1.54, 1.807) is 0 Å². The van der Waals surface area contributed by atoms with Crippen molar-refractivity contribution < 1.29 is 0 Å². The highest BCUT2D eigenvalue weighted by Gasteiger charge is 2.20. The quantitative estimate of drug-likeness (QED) is 0.391. The summed E-state index contributed by atoms with van der Waals surface area (Å²) < 4.78 is 2.28. The Kier molecular flexibility index (Phi) is 4.99. The summed E-state index contributed by atoms with van der Waals surface area (Å²) in [4.78, 5) is 0. The van der Waals surface area contributed by atoms with Crippen LogP contribution in [0.4, 0.5) is 0 Å². The van der Waals surface area contributed by atoms with Crippen LogP contribution in [0.15, 0.2) is 46.9 Å². The summed E-state index contributed by atoms with van der Waals surface area (Å²) in [7, 11) is 0. The molecule has 0 aliphatic heterocycles. The van der Waals surface area contributed by atoms with Crippen molar-refractivity contribution in [1.29, 1.82) is 0 Å². The molecule has 0 spiro atoms. The van der Waals surface area contributed by atoms with E-state index in [4.69, 9.17) is 5.84 Å². The minimum atomic E-state index is 0.0184. The SMILES string of the molecule is NNC(c1ccc(C2CCC2)cc1)c1cc(Br)ccc1I. The summed E-state index contributed by atoms with van der Waals surface area (Å²) >= 11 is 5.90. The van der Waals surface area contributed by atoms with Gasteiger partial charge in [0.25, 0.3) is 0 Å². The monoisotopic (exact) mass is 456 g/mol. The van der Waals surface area contributed by atoms with Gasteiger partial charge in [0.2, 0.25) is 0 Å². The molecule has 4 heteroatoms. The fraction of sp³-hybridized carbons (Fsp3) is 0.294. The molecule has 0 bridgehead atoms. The standard InChI is InChI=1S/C17H18BrIN2/c18-14-8-9-16(19)15(10-14)17(21-20)13-6-4-12(5-7-13)11-2-1-3-11/h4-11,17,21H,1-3,20H2. The molecule has 3 rings (SSSR count). The van der Waals surface area contributed by atoms with Crippen LogP contribution in [-0.2, 0) is 0 Å². The van der Waals surface area contributed by atoms with Gasteiger partial charge in [-0.2, -0.15) is 0 Å². The van der Waals surface area contributed by atoms with Crippen LogP contribution in [0.1, 0.15) is 47.9 Å². The molecule has 3 N–H and O–H groups in total. The smallest absolute Gasteiger partial charge is 0.0720 e. The molecule has 0 aromatic heterocycles. The van der Waals surface area contributed by atoms with Crippen molar-refractivity contribution in [1.82, 2.24) is 5.43 Å². The number of benzene rings is 2. The predicted molar refractivity (Wildman–Crippen MR) is 99.1 cm³/mol. The van der Waals surface area contributed by atoms with Gasteiger partial charge in [-0.25, -0.2) is 5.43 Å². The highest BCUT2D eigenvalue weighted by Crippen LogP contribution is 2.37. The fourth-order valence-corrected chi connectivity index (χ4v) is 3.83. The number of rotatable bonds is 4. The van der Waals surface area contributed by atoms with Crippen molar-refractivity contribution in [3.8, 4) is 0 Å². The predicted octanol–water partition coefficient (Wildman–Crippen LogP) is 4.87. The van der Waals surface area contributed by atoms with E-state index in [1.165, 1.54) is 39.5 Å². The Labute approximate surface area is 147 Å². The van der Waals surface area contributed by atoms with E-state index in [1.807, 2.05) is 0 Å². The van der Waals surface area contributed by atoms with Crippen LogP contribution in [0, 0.1) is 3.57 Å². The van der Waals surface area contributed by atoms with Crippen molar-refractivity contribution in [2.45, 2.75) is 31.2 Å². The lowest BCUT2D eigenvalue weighted by atomic mass is 9.79. The topological polar surface area (TPSA) is 38.0 Å². The second-order valence-corrected chi connectivity index (χ2v) is 7.64. The normalized spacial score (nSPS) is 16.5. The molecule has 1 unspecified atom stereocenters. The van der Waals surface area contributed by atoms with E-state index in [0.717, 1.165) is 10.4 Å². The second-order valence-electron chi connectivity index (χ2n) is 5.56. The minimum absolute atomic E-state index is 0.0184. The van der Waals surface area contributed by atoms with Crippen molar-refractivity contribution in [3.63, 3.8) is 0 Å². The highest BCUT2D eigenvalue weighted by atomic mass is 127. The summed E-state index contributed by atoms with van der Waals surface area (Å²) in [5.41, 5.74) is 6.82. The minimum Gasteiger partial charge on any atom is -0.271 e. The molecule has 0 radical (unpaired) electrons. The van der Waals surface area contributed by atoms with Gasteiger partial charge in [0.05, 0.1) is 6.04 Å². The summed E-state index contributed by atoms with van der Waals surface area (Å²) in [5, 5.41) is 0. The van der Waals surface area contributed by atoms with Crippen molar-refractivity contribution in [2.24, 2.45) is 5.84 Å². The zero-order valence-corrected chi connectivity index (χ0v) is 15.4. The lowest BCUT2D eigenvalue weighted by Crippen LogP contribution is -2.29. The molecular formula is C17H18BrIN2. The number of nitrogens with two attached hydrogens (primary N) is 1. The van der Waals surface area contributed by atoms with Crippen LogP contribution < -0.4 is 11.3 Å². The maximum Gasteiger partial charge on any atom is 0.0720 e. The van der Waals surface area contributed by atoms with Gasteiger partial charge >= 0.3 is 0 Å². The number of halogens is 2. The van der Waals surface area contributed by atoms with Gasteiger partial charge in [-0.05, 0) is 76.2 Å². The van der Waals surface area contributed by atoms with E-state index >= 15 is 0 Å². The van der Waals surface area contributed by atoms with Gasteiger partial charge in [-0.15, -0.1) is 0 Å². The Bertz CT molecular complexity index is 623. The van der Waals surface area contributed by atoms with Gasteiger partial charge in [0, 0.05) is 8.04 Å². The third kappa shape index (κ3) is 3.33. The first-order valence-corrected chi connectivity index (χ1v) is 9.07. The molecule has 1 aliphatic rings.